The van der Waals surface area contributed by atoms with Crippen molar-refractivity contribution in [2.24, 2.45) is 5.92 Å². The van der Waals surface area contributed by atoms with Crippen LogP contribution in [0.3, 0.4) is 0 Å². The molecule has 6 nitrogen and oxygen atoms in total. The summed E-state index contributed by atoms with van der Waals surface area (Å²) in [4.78, 5) is 35.9. The highest BCUT2D eigenvalue weighted by atomic mass is 32.2. The van der Waals surface area contributed by atoms with Crippen molar-refractivity contribution in [1.29, 1.82) is 0 Å². The van der Waals surface area contributed by atoms with Gasteiger partial charge in [-0.25, -0.2) is 4.79 Å². The fraction of sp³-hybridized carbons (Fsp3) is 0.400. The molecule has 0 aliphatic carbocycles. The van der Waals surface area contributed by atoms with E-state index in [-0.39, 0.29) is 11.8 Å². The Balaban J connectivity index is 2.20. The molecule has 1 aromatic rings. The van der Waals surface area contributed by atoms with Gasteiger partial charge in [-0.3, -0.25) is 9.59 Å². The normalized spacial score (nSPS) is 15.5. The fourth-order valence-electron chi connectivity index (χ4n) is 2.10. The number of nitrogens with one attached hydrogen (secondary N) is 2. The number of hydrogen-bond donors (Lipinski definition) is 3. The van der Waals surface area contributed by atoms with Gasteiger partial charge in [-0.15, -0.1) is 11.8 Å². The topological polar surface area (TPSA) is 95.5 Å². The number of carbonyl (C=O) groups excluding carboxylic acids is 2. The van der Waals surface area contributed by atoms with Crippen molar-refractivity contribution in [2.45, 2.75) is 31.2 Å². The van der Waals surface area contributed by atoms with Gasteiger partial charge in [0.2, 0.25) is 5.91 Å². The minimum absolute atomic E-state index is 0.0885. The highest BCUT2D eigenvalue weighted by molar-refractivity contribution is 7.99. The average molecular weight is 322 g/mol. The molecule has 2 rings (SSSR count). The zero-order chi connectivity index (χ0) is 16.3. The smallest absolute Gasteiger partial charge is 0.326 e. The first-order valence-electron chi connectivity index (χ1n) is 6.99. The van der Waals surface area contributed by atoms with Gasteiger partial charge in [0.25, 0.3) is 5.91 Å². The van der Waals surface area contributed by atoms with E-state index in [4.69, 9.17) is 5.11 Å². The summed E-state index contributed by atoms with van der Waals surface area (Å²) in [5.74, 6) is -1.15. The number of aliphatic carboxylic acids is 1. The zero-order valence-electron chi connectivity index (χ0n) is 12.4. The molecule has 7 heteroatoms. The molecule has 1 aliphatic rings. The number of carboxylic acid groups (broad SMARTS) is 1. The molecule has 0 radical (unpaired) electrons. The van der Waals surface area contributed by atoms with Crippen molar-refractivity contribution in [3.63, 3.8) is 0 Å². The second-order valence-corrected chi connectivity index (χ2v) is 6.53. The summed E-state index contributed by atoms with van der Waals surface area (Å²) >= 11 is 1.55. The molecule has 1 aromatic carbocycles. The monoisotopic (exact) mass is 322 g/mol. The van der Waals surface area contributed by atoms with Crippen molar-refractivity contribution in [2.75, 3.05) is 11.1 Å². The summed E-state index contributed by atoms with van der Waals surface area (Å²) in [7, 11) is 0. The van der Waals surface area contributed by atoms with Crippen molar-refractivity contribution < 1.29 is 19.5 Å². The van der Waals surface area contributed by atoms with Gasteiger partial charge in [-0.2, -0.15) is 0 Å². The number of thioether (sulfide) groups is 1. The number of fused-ring (bicyclic) bond motifs is 1. The largest absolute Gasteiger partial charge is 0.480 e. The maximum Gasteiger partial charge on any atom is 0.326 e. The van der Waals surface area contributed by atoms with Crippen LogP contribution in [-0.2, 0) is 9.59 Å². The van der Waals surface area contributed by atoms with E-state index in [1.165, 1.54) is 0 Å². The van der Waals surface area contributed by atoms with Gasteiger partial charge in [0.15, 0.2) is 0 Å². The summed E-state index contributed by atoms with van der Waals surface area (Å²) in [6.07, 6.45) is 0.426. The summed E-state index contributed by atoms with van der Waals surface area (Å²) in [6.45, 7) is 3.46. The highest BCUT2D eigenvalue weighted by Gasteiger charge is 2.24. The molecule has 0 bridgehead atoms. The number of rotatable bonds is 4. The molecule has 22 heavy (non-hydrogen) atoms. The van der Waals surface area contributed by atoms with E-state index < -0.39 is 17.9 Å². The lowest BCUT2D eigenvalue weighted by molar-refractivity contribution is -0.140. The highest BCUT2D eigenvalue weighted by Crippen LogP contribution is 2.31. The Hall–Kier alpha value is -2.02. The number of benzene rings is 1. The summed E-state index contributed by atoms with van der Waals surface area (Å²) in [5.41, 5.74) is 0.921. The van der Waals surface area contributed by atoms with E-state index in [0.29, 0.717) is 23.4 Å². The van der Waals surface area contributed by atoms with Crippen LogP contribution < -0.4 is 10.6 Å². The lowest BCUT2D eigenvalue weighted by Crippen LogP contribution is -2.44. The molecule has 0 fully saturated rings. The second-order valence-electron chi connectivity index (χ2n) is 5.39. The maximum atomic E-state index is 12.2. The Bertz CT molecular complexity index is 616. The van der Waals surface area contributed by atoms with Crippen LogP contribution >= 0.6 is 11.8 Å². The molecular formula is C15H18N2O4S. The Morgan fingerprint density at radius 2 is 2.09 bits per heavy atom. The Morgan fingerprint density at radius 3 is 2.73 bits per heavy atom. The molecule has 0 saturated heterocycles. The molecule has 2 amide bonds. The third-order valence-corrected chi connectivity index (χ3v) is 4.40. The van der Waals surface area contributed by atoms with Gasteiger partial charge in [0.05, 0.1) is 5.69 Å². The first-order valence-corrected chi connectivity index (χ1v) is 7.97. The lowest BCUT2D eigenvalue weighted by atomic mass is 10.0. The molecule has 0 aromatic heterocycles. The Kier molecular flexibility index (Phi) is 5.07. The summed E-state index contributed by atoms with van der Waals surface area (Å²) in [6, 6.07) is 4.04. The van der Waals surface area contributed by atoms with Crippen molar-refractivity contribution in [1.82, 2.24) is 5.32 Å². The van der Waals surface area contributed by atoms with Gasteiger partial charge in [-0.05, 0) is 24.1 Å². The number of anilines is 1. The lowest BCUT2D eigenvalue weighted by Gasteiger charge is -2.18. The van der Waals surface area contributed by atoms with Crippen LogP contribution in [0.25, 0.3) is 0 Å². The molecule has 1 heterocycles. The van der Waals surface area contributed by atoms with E-state index >= 15 is 0 Å². The third kappa shape index (κ3) is 3.79. The minimum atomic E-state index is -1.07. The molecule has 0 spiro atoms. The van der Waals surface area contributed by atoms with Gasteiger partial charge < -0.3 is 15.7 Å². The maximum absolute atomic E-state index is 12.2. The molecule has 0 unspecified atom stereocenters. The third-order valence-electron chi connectivity index (χ3n) is 3.32. The van der Waals surface area contributed by atoms with Crippen molar-refractivity contribution >= 4 is 35.2 Å². The van der Waals surface area contributed by atoms with Crippen molar-refractivity contribution in [3.05, 3.63) is 23.8 Å². The van der Waals surface area contributed by atoms with Gasteiger partial charge in [-0.1, -0.05) is 13.8 Å². The molecule has 118 valence electrons. The predicted octanol–water partition coefficient (Wildman–Crippen LogP) is 1.96. The number of carboxylic acids is 1. The SMILES string of the molecule is CC(C)[C@H](NC(=O)c1ccc2c(c1)NC(=O)CCS2)C(=O)O. The standard InChI is InChI=1S/C15H18N2O4S/c1-8(2)13(15(20)21)17-14(19)9-3-4-11-10(7-9)16-12(18)5-6-22-11/h3-4,7-8,13H,5-6H2,1-2H3,(H,16,18)(H,17,19)(H,20,21)/t13-/m0/s1. The van der Waals surface area contributed by atoms with Crippen LogP contribution in [0, 0.1) is 5.92 Å². The molecule has 1 atom stereocenters. The van der Waals surface area contributed by atoms with Crippen LogP contribution in [0.2, 0.25) is 0 Å². The van der Waals surface area contributed by atoms with Gasteiger partial charge >= 0.3 is 5.97 Å². The Morgan fingerprint density at radius 1 is 1.36 bits per heavy atom. The second kappa shape index (κ2) is 6.83. The number of amides is 2. The quantitative estimate of drug-likeness (QED) is 0.787. The minimum Gasteiger partial charge on any atom is -0.480 e. The molecule has 1 aliphatic heterocycles. The van der Waals surface area contributed by atoms with E-state index in [2.05, 4.69) is 10.6 Å². The zero-order valence-corrected chi connectivity index (χ0v) is 13.2. The summed E-state index contributed by atoms with van der Waals surface area (Å²) < 4.78 is 0. The fourth-order valence-corrected chi connectivity index (χ4v) is 3.04. The van der Waals surface area contributed by atoms with E-state index in [1.54, 1.807) is 43.8 Å². The first kappa shape index (κ1) is 16.4. The van der Waals surface area contributed by atoms with Crippen LogP contribution in [-0.4, -0.2) is 34.7 Å². The van der Waals surface area contributed by atoms with Crippen molar-refractivity contribution in [3.8, 4) is 0 Å². The average Bonchev–Trinajstić information content (AvgIpc) is 2.63. The van der Waals surface area contributed by atoms with Gasteiger partial charge in [0, 0.05) is 22.6 Å². The predicted molar refractivity (Wildman–Crippen MR) is 84.1 cm³/mol. The van der Waals surface area contributed by atoms with Crippen LogP contribution in [0.1, 0.15) is 30.6 Å². The first-order chi connectivity index (χ1) is 10.4. The summed E-state index contributed by atoms with van der Waals surface area (Å²) in [5, 5.41) is 14.4. The van der Waals surface area contributed by atoms with Gasteiger partial charge in [0.1, 0.15) is 6.04 Å². The van der Waals surface area contributed by atoms with E-state index in [9.17, 15) is 14.4 Å². The molecular weight excluding hydrogens is 304 g/mol. The van der Waals surface area contributed by atoms with Crippen LogP contribution in [0.5, 0.6) is 0 Å². The van der Waals surface area contributed by atoms with E-state index in [1.807, 2.05) is 0 Å². The van der Waals surface area contributed by atoms with Crippen LogP contribution in [0.15, 0.2) is 23.1 Å². The molecule has 0 saturated carbocycles. The Labute approximate surface area is 132 Å². The van der Waals surface area contributed by atoms with E-state index in [0.717, 1.165) is 4.90 Å². The molecule has 3 N–H and O–H groups in total. The number of hydrogen-bond acceptors (Lipinski definition) is 4. The van der Waals surface area contributed by atoms with Crippen LogP contribution in [0.4, 0.5) is 5.69 Å². The number of carbonyl (C=O) groups is 3.